The monoisotopic (exact) mass is 340 g/mol. The van der Waals surface area contributed by atoms with E-state index in [1.54, 1.807) is 23.0 Å². The van der Waals surface area contributed by atoms with Gasteiger partial charge in [-0.1, -0.05) is 23.4 Å². The number of rotatable bonds is 5. The van der Waals surface area contributed by atoms with Gasteiger partial charge in [0.25, 0.3) is 0 Å². The first kappa shape index (κ1) is 16.6. The summed E-state index contributed by atoms with van der Waals surface area (Å²) in [6.07, 6.45) is 1.60. The molecule has 2 aromatic rings. The van der Waals surface area contributed by atoms with Gasteiger partial charge in [0, 0.05) is 18.1 Å². The number of thioether (sulfide) groups is 1. The minimum atomic E-state index is -0.330. The molecule has 1 aromatic heterocycles. The maximum absolute atomic E-state index is 12.3. The number of aromatic nitrogens is 3. The van der Waals surface area contributed by atoms with Crippen molar-refractivity contribution in [3.05, 3.63) is 29.0 Å². The third-order valence-corrected chi connectivity index (χ3v) is 4.62. The molecule has 0 aliphatic rings. The van der Waals surface area contributed by atoms with Crippen LogP contribution in [0.2, 0.25) is 5.02 Å². The lowest BCUT2D eigenvalue weighted by Crippen LogP contribution is -2.23. The average molecular weight is 341 g/mol. The van der Waals surface area contributed by atoms with Crippen molar-refractivity contribution in [2.75, 3.05) is 12.4 Å². The van der Waals surface area contributed by atoms with E-state index >= 15 is 0 Å². The normalized spacial score (nSPS) is 12.0. The lowest BCUT2D eigenvalue weighted by Gasteiger charge is -2.15. The van der Waals surface area contributed by atoms with Gasteiger partial charge in [-0.15, -0.1) is 10.2 Å². The van der Waals surface area contributed by atoms with Gasteiger partial charge in [-0.25, -0.2) is 0 Å². The Bertz CT molecular complexity index is 689. The van der Waals surface area contributed by atoms with E-state index in [-0.39, 0.29) is 11.2 Å². The van der Waals surface area contributed by atoms with E-state index < -0.39 is 0 Å². The maximum Gasteiger partial charge on any atom is 0.237 e. The van der Waals surface area contributed by atoms with Gasteiger partial charge in [-0.3, -0.25) is 4.79 Å². The topological polar surface area (TPSA) is 69.0 Å². The Morgan fingerprint density at radius 3 is 2.82 bits per heavy atom. The molecule has 8 heteroatoms. The molecule has 0 radical (unpaired) electrons. The predicted octanol–water partition coefficient (Wildman–Crippen LogP) is 2.90. The fourth-order valence-electron chi connectivity index (χ4n) is 1.76. The third kappa shape index (κ3) is 3.72. The number of hydrogen-bond donors (Lipinski definition) is 1. The summed E-state index contributed by atoms with van der Waals surface area (Å²) < 4.78 is 7.02. The smallest absolute Gasteiger partial charge is 0.237 e. The number of benzene rings is 1. The van der Waals surface area contributed by atoms with Gasteiger partial charge in [0.2, 0.25) is 5.91 Å². The number of nitrogens with one attached hydrogen (secondary N) is 1. The number of amides is 1. The lowest BCUT2D eigenvalue weighted by atomic mass is 10.2. The minimum Gasteiger partial charge on any atom is -0.495 e. The zero-order chi connectivity index (χ0) is 16.3. The van der Waals surface area contributed by atoms with Crippen LogP contribution in [0.15, 0.2) is 23.6 Å². The van der Waals surface area contributed by atoms with Crippen molar-refractivity contribution in [2.45, 2.75) is 24.3 Å². The van der Waals surface area contributed by atoms with E-state index in [4.69, 9.17) is 16.3 Å². The van der Waals surface area contributed by atoms with Gasteiger partial charge in [-0.2, -0.15) is 0 Å². The number of nitrogens with zero attached hydrogens (tertiary/aromatic N) is 3. The summed E-state index contributed by atoms with van der Waals surface area (Å²) in [4.78, 5) is 12.3. The highest BCUT2D eigenvalue weighted by Gasteiger charge is 2.19. The van der Waals surface area contributed by atoms with Gasteiger partial charge in [0.05, 0.1) is 18.0 Å². The summed E-state index contributed by atoms with van der Waals surface area (Å²) in [5.74, 6) is 0.382. The zero-order valence-electron chi connectivity index (χ0n) is 12.8. The van der Waals surface area contributed by atoms with E-state index in [1.807, 2.05) is 20.9 Å². The SMILES string of the molecule is COc1cc(Cl)c(C)cc1NC(=O)C(C)Sc1nncn1C. The first-order valence-electron chi connectivity index (χ1n) is 6.58. The van der Waals surface area contributed by atoms with Crippen molar-refractivity contribution in [3.63, 3.8) is 0 Å². The molecule has 0 spiro atoms. The molecule has 1 unspecified atom stereocenters. The van der Waals surface area contributed by atoms with Gasteiger partial charge < -0.3 is 14.6 Å². The summed E-state index contributed by atoms with van der Waals surface area (Å²) in [6, 6.07) is 3.48. The largest absolute Gasteiger partial charge is 0.495 e. The van der Waals surface area contributed by atoms with Crippen LogP contribution >= 0.6 is 23.4 Å². The van der Waals surface area contributed by atoms with E-state index in [9.17, 15) is 4.79 Å². The van der Waals surface area contributed by atoms with Crippen LogP contribution in [0.5, 0.6) is 5.75 Å². The molecule has 1 amide bonds. The molecule has 2 rings (SSSR count). The zero-order valence-corrected chi connectivity index (χ0v) is 14.3. The van der Waals surface area contributed by atoms with Crippen LogP contribution in [-0.2, 0) is 11.8 Å². The highest BCUT2D eigenvalue weighted by Crippen LogP contribution is 2.31. The summed E-state index contributed by atoms with van der Waals surface area (Å²) in [6.45, 7) is 3.68. The second kappa shape index (κ2) is 7.02. The second-order valence-electron chi connectivity index (χ2n) is 4.78. The van der Waals surface area contributed by atoms with Crippen LogP contribution < -0.4 is 10.1 Å². The summed E-state index contributed by atoms with van der Waals surface area (Å²) >= 11 is 7.40. The van der Waals surface area contributed by atoms with Gasteiger partial charge in [0.15, 0.2) is 5.16 Å². The van der Waals surface area contributed by atoms with E-state index in [1.165, 1.54) is 18.9 Å². The van der Waals surface area contributed by atoms with Crippen LogP contribution in [0.25, 0.3) is 0 Å². The molecule has 1 heterocycles. The molecule has 6 nitrogen and oxygen atoms in total. The van der Waals surface area contributed by atoms with Crippen LogP contribution in [0.1, 0.15) is 12.5 Å². The molecule has 1 aromatic carbocycles. The molecule has 118 valence electrons. The average Bonchev–Trinajstić information content (AvgIpc) is 2.87. The number of halogens is 1. The molecule has 0 saturated heterocycles. The molecular formula is C14H17ClN4O2S. The molecule has 1 N–H and O–H groups in total. The molecule has 0 aliphatic heterocycles. The van der Waals surface area contributed by atoms with Gasteiger partial charge >= 0.3 is 0 Å². The Labute approximate surface area is 138 Å². The first-order valence-corrected chi connectivity index (χ1v) is 7.83. The Morgan fingerprint density at radius 1 is 1.50 bits per heavy atom. The van der Waals surface area contributed by atoms with E-state index in [0.29, 0.717) is 21.6 Å². The van der Waals surface area contributed by atoms with Crippen molar-refractivity contribution >= 4 is 35.0 Å². The lowest BCUT2D eigenvalue weighted by molar-refractivity contribution is -0.115. The highest BCUT2D eigenvalue weighted by atomic mass is 35.5. The standard InChI is InChI=1S/C14H17ClN4O2S/c1-8-5-11(12(21-4)6-10(8)15)17-13(20)9(2)22-14-18-16-7-19(14)3/h5-7,9H,1-4H3,(H,17,20). The molecule has 22 heavy (non-hydrogen) atoms. The summed E-state index contributed by atoms with van der Waals surface area (Å²) in [7, 11) is 3.37. The van der Waals surface area contributed by atoms with Crippen LogP contribution in [0.3, 0.4) is 0 Å². The Kier molecular flexibility index (Phi) is 5.31. The van der Waals surface area contributed by atoms with Gasteiger partial charge in [0.1, 0.15) is 12.1 Å². The molecule has 1 atom stereocenters. The van der Waals surface area contributed by atoms with E-state index in [2.05, 4.69) is 15.5 Å². The van der Waals surface area contributed by atoms with E-state index in [0.717, 1.165) is 5.56 Å². The first-order chi connectivity index (χ1) is 10.4. The minimum absolute atomic E-state index is 0.145. The number of aryl methyl sites for hydroxylation is 2. The maximum atomic E-state index is 12.3. The van der Waals surface area contributed by atoms with Gasteiger partial charge in [-0.05, 0) is 25.5 Å². The molecule has 0 saturated carbocycles. The Hall–Kier alpha value is -1.73. The molecule has 0 bridgehead atoms. The summed E-state index contributed by atoms with van der Waals surface area (Å²) in [5, 5.41) is 11.6. The molecule has 0 aliphatic carbocycles. The number of anilines is 1. The second-order valence-corrected chi connectivity index (χ2v) is 6.49. The molecular weight excluding hydrogens is 324 g/mol. The Balaban J connectivity index is 2.11. The van der Waals surface area contributed by atoms with Crippen molar-refractivity contribution in [1.29, 1.82) is 0 Å². The fourth-order valence-corrected chi connectivity index (χ4v) is 2.70. The summed E-state index contributed by atoms with van der Waals surface area (Å²) in [5.41, 5.74) is 1.46. The highest BCUT2D eigenvalue weighted by molar-refractivity contribution is 8.00. The van der Waals surface area contributed by atoms with Crippen molar-refractivity contribution < 1.29 is 9.53 Å². The van der Waals surface area contributed by atoms with Crippen molar-refractivity contribution in [3.8, 4) is 5.75 Å². The fraction of sp³-hybridized carbons (Fsp3) is 0.357. The Morgan fingerprint density at radius 2 is 2.23 bits per heavy atom. The van der Waals surface area contributed by atoms with Crippen molar-refractivity contribution in [2.24, 2.45) is 7.05 Å². The number of methoxy groups -OCH3 is 1. The number of carbonyl (C=O) groups excluding carboxylic acids is 1. The number of ether oxygens (including phenoxy) is 1. The predicted molar refractivity (Wildman–Crippen MR) is 87.7 cm³/mol. The van der Waals surface area contributed by atoms with Crippen LogP contribution in [0, 0.1) is 6.92 Å². The van der Waals surface area contributed by atoms with Crippen LogP contribution in [0.4, 0.5) is 5.69 Å². The molecule has 0 fully saturated rings. The quantitative estimate of drug-likeness (QED) is 0.847. The van der Waals surface area contributed by atoms with Crippen LogP contribution in [-0.4, -0.2) is 33.0 Å². The number of carbonyl (C=O) groups is 1. The third-order valence-electron chi connectivity index (χ3n) is 3.06. The van der Waals surface area contributed by atoms with Crippen molar-refractivity contribution in [1.82, 2.24) is 14.8 Å². The number of hydrogen-bond acceptors (Lipinski definition) is 5.